The van der Waals surface area contributed by atoms with Crippen molar-refractivity contribution in [1.29, 1.82) is 0 Å². The van der Waals surface area contributed by atoms with Gasteiger partial charge in [-0.05, 0) is 66.1 Å². The molecule has 1 heterocycles. The van der Waals surface area contributed by atoms with Gasteiger partial charge in [-0.15, -0.1) is 0 Å². The van der Waals surface area contributed by atoms with E-state index in [0.717, 1.165) is 40.7 Å². The quantitative estimate of drug-likeness (QED) is 0.235. The van der Waals surface area contributed by atoms with Crippen molar-refractivity contribution >= 4 is 35.2 Å². The SMILES string of the molecule is C[C@@H](c1ccccc1)N1CC(=O)N(Cc2cccc(Cl)c2)CC(=O)N(Cc2ccccc2-c2ccccc2)CC(=O)N[C@@H]2CCC[C@H](C2)C1=O. The molecule has 1 saturated heterocycles. The molecule has 6 rings (SSSR count). The summed E-state index contributed by atoms with van der Waals surface area (Å²) in [4.78, 5) is 61.4. The number of nitrogens with zero attached hydrogens (tertiary/aromatic N) is 3. The average molecular weight is 691 g/mol. The monoisotopic (exact) mass is 690 g/mol. The molecule has 3 atom stereocenters. The Kier molecular flexibility index (Phi) is 11.3. The van der Waals surface area contributed by atoms with Crippen LogP contribution < -0.4 is 5.32 Å². The highest BCUT2D eigenvalue weighted by Gasteiger charge is 2.36. The molecule has 2 aliphatic rings. The number of amides is 4. The second-order valence-corrected chi connectivity index (χ2v) is 13.8. The Labute approximate surface area is 299 Å². The first kappa shape index (κ1) is 34.9. The molecular weight excluding hydrogens is 648 g/mol. The molecule has 4 aromatic rings. The van der Waals surface area contributed by atoms with Crippen molar-refractivity contribution in [3.63, 3.8) is 0 Å². The molecule has 258 valence electrons. The topological polar surface area (TPSA) is 90.0 Å². The third kappa shape index (κ3) is 8.61. The minimum Gasteiger partial charge on any atom is -0.352 e. The molecule has 2 bridgehead atoms. The van der Waals surface area contributed by atoms with E-state index in [2.05, 4.69) is 5.32 Å². The zero-order chi connectivity index (χ0) is 35.0. The minimum absolute atomic E-state index is 0.110. The van der Waals surface area contributed by atoms with Gasteiger partial charge in [-0.25, -0.2) is 0 Å². The van der Waals surface area contributed by atoms with Gasteiger partial charge < -0.3 is 20.0 Å². The van der Waals surface area contributed by atoms with E-state index in [4.69, 9.17) is 11.6 Å². The zero-order valence-electron chi connectivity index (χ0n) is 28.3. The van der Waals surface area contributed by atoms with E-state index in [1.54, 1.807) is 23.1 Å². The smallest absolute Gasteiger partial charge is 0.242 e. The molecule has 1 aliphatic carbocycles. The van der Waals surface area contributed by atoms with Gasteiger partial charge in [-0.1, -0.05) is 115 Å². The maximum absolute atomic E-state index is 14.4. The van der Waals surface area contributed by atoms with Crippen molar-refractivity contribution in [2.75, 3.05) is 19.6 Å². The first-order valence-electron chi connectivity index (χ1n) is 17.3. The molecule has 9 heteroatoms. The van der Waals surface area contributed by atoms with Gasteiger partial charge in [0.25, 0.3) is 0 Å². The second kappa shape index (κ2) is 16.2. The van der Waals surface area contributed by atoms with Crippen LogP contribution in [0.5, 0.6) is 0 Å². The third-order valence-electron chi connectivity index (χ3n) is 9.82. The molecule has 0 unspecified atom stereocenters. The number of hydrogen-bond donors (Lipinski definition) is 1. The van der Waals surface area contributed by atoms with Crippen LogP contribution in [-0.4, -0.2) is 64.0 Å². The lowest BCUT2D eigenvalue weighted by molar-refractivity contribution is -0.149. The number of carbonyl (C=O) groups is 4. The largest absolute Gasteiger partial charge is 0.352 e. The molecule has 50 heavy (non-hydrogen) atoms. The molecule has 1 saturated carbocycles. The zero-order valence-corrected chi connectivity index (χ0v) is 29.1. The van der Waals surface area contributed by atoms with Crippen molar-refractivity contribution in [2.45, 2.75) is 57.8 Å². The summed E-state index contributed by atoms with van der Waals surface area (Å²) in [5.41, 5.74) is 4.52. The highest BCUT2D eigenvalue weighted by atomic mass is 35.5. The van der Waals surface area contributed by atoms with Gasteiger partial charge in [0.15, 0.2) is 0 Å². The molecule has 0 radical (unpaired) electrons. The maximum Gasteiger partial charge on any atom is 0.242 e. The summed E-state index contributed by atoms with van der Waals surface area (Å²) >= 11 is 6.33. The van der Waals surface area contributed by atoms with Crippen molar-refractivity contribution in [3.05, 3.63) is 131 Å². The fourth-order valence-corrected chi connectivity index (χ4v) is 7.35. The number of fused-ring (bicyclic) bond motifs is 2. The number of nitrogens with one attached hydrogen (secondary N) is 1. The van der Waals surface area contributed by atoms with Crippen LogP contribution in [0, 0.1) is 5.92 Å². The summed E-state index contributed by atoms with van der Waals surface area (Å²) in [5, 5.41) is 3.66. The molecule has 2 fully saturated rings. The average Bonchev–Trinajstić information content (AvgIpc) is 3.13. The van der Waals surface area contributed by atoms with E-state index in [0.29, 0.717) is 17.9 Å². The molecule has 0 aromatic heterocycles. The third-order valence-corrected chi connectivity index (χ3v) is 10.1. The lowest BCUT2D eigenvalue weighted by atomic mass is 9.84. The number of carbonyl (C=O) groups excluding carboxylic acids is 4. The molecule has 8 nitrogen and oxygen atoms in total. The van der Waals surface area contributed by atoms with E-state index < -0.39 is 0 Å². The van der Waals surface area contributed by atoms with Crippen LogP contribution in [0.2, 0.25) is 5.02 Å². The number of hydrogen-bond acceptors (Lipinski definition) is 4. The molecule has 4 amide bonds. The number of rotatable bonds is 7. The normalized spacial score (nSPS) is 19.9. The van der Waals surface area contributed by atoms with Crippen LogP contribution in [0.3, 0.4) is 0 Å². The van der Waals surface area contributed by atoms with Crippen molar-refractivity contribution < 1.29 is 19.2 Å². The fraction of sp³-hybridized carbons (Fsp3) is 0.317. The lowest BCUT2D eigenvalue weighted by Gasteiger charge is -2.38. The predicted molar refractivity (Wildman–Crippen MR) is 195 cm³/mol. The standard InChI is InChI=1S/C41H43ClN4O4/c1-29(31-13-4-2-5-14-31)46-28-40(49)44(24-30-12-10-19-35(42)22-30)27-39(48)45(26-38(47)43-36-20-11-18-33(23-36)41(46)50)25-34-17-8-9-21-37(34)32-15-6-3-7-16-32/h2-10,12-17,19,21-22,29,33,36H,11,18,20,23-28H2,1H3,(H,43,47)/t29-,33+,36+/m0/s1. The first-order chi connectivity index (χ1) is 24.2. The van der Waals surface area contributed by atoms with E-state index in [1.807, 2.05) is 97.9 Å². The van der Waals surface area contributed by atoms with Gasteiger partial charge in [0.2, 0.25) is 23.6 Å². The summed E-state index contributed by atoms with van der Waals surface area (Å²) in [6.45, 7) is 1.59. The van der Waals surface area contributed by atoms with E-state index in [-0.39, 0.29) is 74.4 Å². The molecule has 1 aliphatic heterocycles. The number of halogens is 1. The second-order valence-electron chi connectivity index (χ2n) is 13.3. The van der Waals surface area contributed by atoms with Gasteiger partial charge in [0.1, 0.15) is 13.1 Å². The van der Waals surface area contributed by atoms with E-state index >= 15 is 0 Å². The van der Waals surface area contributed by atoms with Crippen LogP contribution in [0.1, 0.15) is 55.3 Å². The molecule has 4 aromatic carbocycles. The van der Waals surface area contributed by atoms with E-state index in [1.165, 1.54) is 9.80 Å². The Bertz CT molecular complexity index is 1820. The van der Waals surface area contributed by atoms with Crippen LogP contribution in [0.4, 0.5) is 0 Å². The molecular formula is C41H43ClN4O4. The van der Waals surface area contributed by atoms with Crippen molar-refractivity contribution in [2.24, 2.45) is 5.92 Å². The van der Waals surface area contributed by atoms with Crippen LogP contribution in [-0.2, 0) is 32.3 Å². The van der Waals surface area contributed by atoms with Gasteiger partial charge in [-0.3, -0.25) is 19.2 Å². The minimum atomic E-state index is -0.384. The van der Waals surface area contributed by atoms with E-state index in [9.17, 15) is 19.2 Å². The van der Waals surface area contributed by atoms with Crippen LogP contribution >= 0.6 is 11.6 Å². The Hall–Kier alpha value is -4.95. The molecule has 1 N–H and O–H groups in total. The van der Waals surface area contributed by atoms with Crippen molar-refractivity contribution in [1.82, 2.24) is 20.0 Å². The summed E-state index contributed by atoms with van der Waals surface area (Å²) in [7, 11) is 0. The number of benzene rings is 4. The van der Waals surface area contributed by atoms with Gasteiger partial charge in [0, 0.05) is 30.1 Å². The Morgan fingerprint density at radius 3 is 2.18 bits per heavy atom. The highest BCUT2D eigenvalue weighted by molar-refractivity contribution is 6.30. The summed E-state index contributed by atoms with van der Waals surface area (Å²) in [6.07, 6.45) is 2.69. The highest BCUT2D eigenvalue weighted by Crippen LogP contribution is 2.31. The van der Waals surface area contributed by atoms with Crippen LogP contribution in [0.15, 0.2) is 109 Å². The Morgan fingerprint density at radius 2 is 1.42 bits per heavy atom. The predicted octanol–water partition coefficient (Wildman–Crippen LogP) is 6.64. The van der Waals surface area contributed by atoms with Gasteiger partial charge in [0.05, 0.1) is 12.6 Å². The Morgan fingerprint density at radius 1 is 0.740 bits per heavy atom. The summed E-state index contributed by atoms with van der Waals surface area (Å²) in [6, 6.07) is 34.0. The summed E-state index contributed by atoms with van der Waals surface area (Å²) in [5.74, 6) is -1.46. The Balaban J connectivity index is 1.37. The van der Waals surface area contributed by atoms with Crippen molar-refractivity contribution in [3.8, 4) is 11.1 Å². The van der Waals surface area contributed by atoms with Gasteiger partial charge in [-0.2, -0.15) is 0 Å². The fourth-order valence-electron chi connectivity index (χ4n) is 7.14. The summed E-state index contributed by atoms with van der Waals surface area (Å²) < 4.78 is 0. The lowest BCUT2D eigenvalue weighted by Crippen LogP contribution is -2.52. The maximum atomic E-state index is 14.4. The molecule has 0 spiro atoms. The van der Waals surface area contributed by atoms with Crippen LogP contribution in [0.25, 0.3) is 11.1 Å². The first-order valence-corrected chi connectivity index (χ1v) is 17.7. The van der Waals surface area contributed by atoms with Gasteiger partial charge >= 0.3 is 0 Å².